The first-order chi connectivity index (χ1) is 6.72. The molecule has 0 saturated carbocycles. The van der Waals surface area contributed by atoms with Gasteiger partial charge in [-0.3, -0.25) is 4.79 Å². The lowest BCUT2D eigenvalue weighted by molar-refractivity contribution is -0.122. The Kier molecular flexibility index (Phi) is 8.64. The van der Waals surface area contributed by atoms with Gasteiger partial charge in [-0.1, -0.05) is 26.7 Å². The third-order valence-electron chi connectivity index (χ3n) is 2.17. The standard InChI is InChI=1S/C11H24N2O/c1-4-6-7-9-13-11(14)10(3)12-8-5-2/h10,12H,4-9H2,1-3H3,(H,13,14). The van der Waals surface area contributed by atoms with Crippen LogP contribution in [0.15, 0.2) is 0 Å². The molecular weight excluding hydrogens is 176 g/mol. The lowest BCUT2D eigenvalue weighted by atomic mass is 10.2. The molecule has 0 saturated heterocycles. The van der Waals surface area contributed by atoms with Gasteiger partial charge in [-0.05, 0) is 26.3 Å². The van der Waals surface area contributed by atoms with Gasteiger partial charge in [-0.15, -0.1) is 0 Å². The quantitative estimate of drug-likeness (QED) is 0.585. The van der Waals surface area contributed by atoms with E-state index in [1.165, 1.54) is 12.8 Å². The Labute approximate surface area is 87.6 Å². The number of rotatable bonds is 8. The van der Waals surface area contributed by atoms with Crippen molar-refractivity contribution in [2.45, 2.75) is 52.5 Å². The molecule has 1 atom stereocenters. The topological polar surface area (TPSA) is 41.1 Å². The maximum Gasteiger partial charge on any atom is 0.236 e. The molecule has 0 fully saturated rings. The normalized spacial score (nSPS) is 12.5. The van der Waals surface area contributed by atoms with Crippen molar-refractivity contribution in [2.24, 2.45) is 0 Å². The number of hydrogen-bond donors (Lipinski definition) is 2. The Hall–Kier alpha value is -0.570. The molecule has 0 aromatic heterocycles. The molecule has 0 heterocycles. The molecule has 0 spiro atoms. The lowest BCUT2D eigenvalue weighted by Gasteiger charge is -2.13. The second kappa shape index (κ2) is 9.00. The van der Waals surface area contributed by atoms with E-state index in [-0.39, 0.29) is 11.9 Å². The van der Waals surface area contributed by atoms with Crippen molar-refractivity contribution in [3.05, 3.63) is 0 Å². The minimum atomic E-state index is -0.0587. The van der Waals surface area contributed by atoms with Crippen LogP contribution in [0.5, 0.6) is 0 Å². The van der Waals surface area contributed by atoms with E-state index in [1.807, 2.05) is 6.92 Å². The maximum absolute atomic E-state index is 11.4. The fourth-order valence-corrected chi connectivity index (χ4v) is 1.19. The zero-order chi connectivity index (χ0) is 10.8. The summed E-state index contributed by atoms with van der Waals surface area (Å²) in [4.78, 5) is 11.4. The van der Waals surface area contributed by atoms with Crippen molar-refractivity contribution < 1.29 is 4.79 Å². The summed E-state index contributed by atoms with van der Waals surface area (Å²) >= 11 is 0. The first-order valence-electron chi connectivity index (χ1n) is 5.73. The van der Waals surface area contributed by atoms with Crippen LogP contribution in [-0.2, 0) is 4.79 Å². The molecule has 1 amide bonds. The Bertz CT molecular complexity index is 148. The van der Waals surface area contributed by atoms with Gasteiger partial charge < -0.3 is 10.6 Å². The fraction of sp³-hybridized carbons (Fsp3) is 0.909. The average molecular weight is 200 g/mol. The smallest absolute Gasteiger partial charge is 0.236 e. The SMILES string of the molecule is CCCCCNC(=O)C(C)NCCC. The monoisotopic (exact) mass is 200 g/mol. The van der Waals surface area contributed by atoms with Crippen LogP contribution in [0.2, 0.25) is 0 Å². The van der Waals surface area contributed by atoms with E-state index in [0.717, 1.165) is 25.9 Å². The van der Waals surface area contributed by atoms with Crippen molar-refractivity contribution in [2.75, 3.05) is 13.1 Å². The minimum absolute atomic E-state index is 0.0587. The lowest BCUT2D eigenvalue weighted by Crippen LogP contribution is -2.42. The number of carbonyl (C=O) groups is 1. The summed E-state index contributed by atoms with van der Waals surface area (Å²) in [5, 5.41) is 6.09. The highest BCUT2D eigenvalue weighted by atomic mass is 16.2. The summed E-state index contributed by atoms with van der Waals surface area (Å²) in [6.07, 6.45) is 4.53. The largest absolute Gasteiger partial charge is 0.355 e. The number of amides is 1. The summed E-state index contributed by atoms with van der Waals surface area (Å²) in [5.74, 6) is 0.120. The maximum atomic E-state index is 11.4. The molecule has 0 aromatic carbocycles. The van der Waals surface area contributed by atoms with Gasteiger partial charge >= 0.3 is 0 Å². The zero-order valence-corrected chi connectivity index (χ0v) is 9.73. The Balaban J connectivity index is 3.42. The summed E-state index contributed by atoms with van der Waals surface area (Å²) in [6, 6.07) is -0.0587. The van der Waals surface area contributed by atoms with Gasteiger partial charge in [-0.2, -0.15) is 0 Å². The molecule has 3 nitrogen and oxygen atoms in total. The second-order valence-corrected chi connectivity index (χ2v) is 3.67. The van der Waals surface area contributed by atoms with Gasteiger partial charge in [0, 0.05) is 6.54 Å². The molecule has 0 bridgehead atoms. The molecule has 0 radical (unpaired) electrons. The Morgan fingerprint density at radius 2 is 1.86 bits per heavy atom. The van der Waals surface area contributed by atoms with Crippen LogP contribution in [0, 0.1) is 0 Å². The van der Waals surface area contributed by atoms with E-state index in [0.29, 0.717) is 0 Å². The number of unbranched alkanes of at least 4 members (excludes halogenated alkanes) is 2. The van der Waals surface area contributed by atoms with Crippen LogP contribution in [-0.4, -0.2) is 25.0 Å². The summed E-state index contributed by atoms with van der Waals surface area (Å²) in [7, 11) is 0. The highest BCUT2D eigenvalue weighted by Gasteiger charge is 2.09. The van der Waals surface area contributed by atoms with Crippen molar-refractivity contribution in [3.8, 4) is 0 Å². The second-order valence-electron chi connectivity index (χ2n) is 3.67. The van der Waals surface area contributed by atoms with Crippen LogP contribution in [0.1, 0.15) is 46.5 Å². The first-order valence-corrected chi connectivity index (χ1v) is 5.73. The van der Waals surface area contributed by atoms with Crippen LogP contribution in [0.4, 0.5) is 0 Å². The van der Waals surface area contributed by atoms with Crippen LogP contribution in [0.25, 0.3) is 0 Å². The molecule has 14 heavy (non-hydrogen) atoms. The third kappa shape index (κ3) is 6.89. The van der Waals surface area contributed by atoms with Crippen LogP contribution >= 0.6 is 0 Å². The highest BCUT2D eigenvalue weighted by molar-refractivity contribution is 5.81. The van der Waals surface area contributed by atoms with Gasteiger partial charge in [-0.25, -0.2) is 0 Å². The molecular formula is C11H24N2O. The summed E-state index contributed by atoms with van der Waals surface area (Å²) < 4.78 is 0. The van der Waals surface area contributed by atoms with Crippen LogP contribution < -0.4 is 10.6 Å². The molecule has 0 aromatic rings. The van der Waals surface area contributed by atoms with Crippen molar-refractivity contribution in [3.63, 3.8) is 0 Å². The molecule has 0 aliphatic heterocycles. The van der Waals surface area contributed by atoms with E-state index in [4.69, 9.17) is 0 Å². The number of hydrogen-bond acceptors (Lipinski definition) is 2. The highest BCUT2D eigenvalue weighted by Crippen LogP contribution is 1.91. The predicted octanol–water partition coefficient (Wildman–Crippen LogP) is 1.68. The fourth-order valence-electron chi connectivity index (χ4n) is 1.19. The van der Waals surface area contributed by atoms with Crippen molar-refractivity contribution in [1.29, 1.82) is 0 Å². The molecule has 3 heteroatoms. The first kappa shape index (κ1) is 13.4. The minimum Gasteiger partial charge on any atom is -0.355 e. The van der Waals surface area contributed by atoms with E-state index >= 15 is 0 Å². The molecule has 0 aliphatic rings. The third-order valence-corrected chi connectivity index (χ3v) is 2.17. The van der Waals surface area contributed by atoms with Gasteiger partial charge in [0.25, 0.3) is 0 Å². The van der Waals surface area contributed by atoms with E-state index < -0.39 is 0 Å². The van der Waals surface area contributed by atoms with E-state index in [2.05, 4.69) is 24.5 Å². The van der Waals surface area contributed by atoms with Crippen molar-refractivity contribution >= 4 is 5.91 Å². The van der Waals surface area contributed by atoms with E-state index in [1.54, 1.807) is 0 Å². The van der Waals surface area contributed by atoms with Crippen molar-refractivity contribution in [1.82, 2.24) is 10.6 Å². The molecule has 0 rings (SSSR count). The van der Waals surface area contributed by atoms with Gasteiger partial charge in [0.2, 0.25) is 5.91 Å². The molecule has 84 valence electrons. The van der Waals surface area contributed by atoms with Gasteiger partial charge in [0.15, 0.2) is 0 Å². The Morgan fingerprint density at radius 1 is 1.14 bits per heavy atom. The van der Waals surface area contributed by atoms with E-state index in [9.17, 15) is 4.79 Å². The average Bonchev–Trinajstić information content (AvgIpc) is 2.20. The molecule has 2 N–H and O–H groups in total. The zero-order valence-electron chi connectivity index (χ0n) is 9.73. The number of nitrogens with one attached hydrogen (secondary N) is 2. The summed E-state index contributed by atoms with van der Waals surface area (Å²) in [6.45, 7) is 7.88. The van der Waals surface area contributed by atoms with Gasteiger partial charge in [0.1, 0.15) is 0 Å². The molecule has 0 aliphatic carbocycles. The Morgan fingerprint density at radius 3 is 2.43 bits per heavy atom. The number of carbonyl (C=O) groups excluding carboxylic acids is 1. The molecule has 1 unspecified atom stereocenters. The van der Waals surface area contributed by atoms with Gasteiger partial charge in [0.05, 0.1) is 6.04 Å². The van der Waals surface area contributed by atoms with Crippen LogP contribution in [0.3, 0.4) is 0 Å². The summed E-state index contributed by atoms with van der Waals surface area (Å²) in [5.41, 5.74) is 0. The predicted molar refractivity (Wildman–Crippen MR) is 60.3 cm³/mol.